The van der Waals surface area contributed by atoms with Gasteiger partial charge in [-0.05, 0) is 18.6 Å². The second-order valence-corrected chi connectivity index (χ2v) is 7.88. The minimum absolute atomic E-state index is 0.0777. The number of rotatable bonds is 7. The van der Waals surface area contributed by atoms with Crippen LogP contribution in [0.25, 0.3) is 0 Å². The second kappa shape index (κ2) is 9.61. The Balaban J connectivity index is 2.01. The molecule has 148 valence electrons. The highest BCUT2D eigenvalue weighted by atomic mass is 32.2. The fourth-order valence-corrected chi connectivity index (χ4v) is 4.13. The van der Waals surface area contributed by atoms with Gasteiger partial charge in [-0.1, -0.05) is 18.2 Å². The zero-order valence-electron chi connectivity index (χ0n) is 15.3. The van der Waals surface area contributed by atoms with Crippen molar-refractivity contribution in [3.63, 3.8) is 0 Å². The van der Waals surface area contributed by atoms with Crippen molar-refractivity contribution >= 4 is 28.6 Å². The van der Waals surface area contributed by atoms with Crippen molar-refractivity contribution < 1.29 is 28.4 Å². The van der Waals surface area contributed by atoms with E-state index in [9.17, 15) is 23.7 Å². The van der Waals surface area contributed by atoms with Crippen LogP contribution in [0.1, 0.15) is 19.8 Å². The van der Waals surface area contributed by atoms with Gasteiger partial charge in [-0.15, -0.1) is 0 Å². The molecule has 0 radical (unpaired) electrons. The highest BCUT2D eigenvalue weighted by molar-refractivity contribution is 7.85. The molecule has 1 fully saturated rings. The van der Waals surface area contributed by atoms with Crippen molar-refractivity contribution in [3.05, 3.63) is 30.3 Å². The summed E-state index contributed by atoms with van der Waals surface area (Å²) < 4.78 is 17.1. The Bertz CT molecular complexity index is 711. The van der Waals surface area contributed by atoms with Crippen molar-refractivity contribution in [1.29, 1.82) is 0 Å². The summed E-state index contributed by atoms with van der Waals surface area (Å²) in [6.45, 7) is 1.40. The molecule has 1 aliphatic heterocycles. The molecule has 0 aliphatic carbocycles. The van der Waals surface area contributed by atoms with E-state index in [4.69, 9.17) is 4.74 Å². The number of methoxy groups -OCH3 is 1. The van der Waals surface area contributed by atoms with Gasteiger partial charge in [-0.25, -0.2) is 4.79 Å². The molecule has 0 unspecified atom stereocenters. The number of esters is 1. The van der Waals surface area contributed by atoms with E-state index in [-0.39, 0.29) is 31.0 Å². The molecule has 8 nitrogen and oxygen atoms in total. The third-order valence-corrected chi connectivity index (χ3v) is 5.79. The largest absolute Gasteiger partial charge is 0.467 e. The van der Waals surface area contributed by atoms with Crippen LogP contribution in [0, 0.1) is 0 Å². The Morgan fingerprint density at radius 1 is 1.33 bits per heavy atom. The van der Waals surface area contributed by atoms with Gasteiger partial charge in [0.15, 0.2) is 0 Å². The number of nitrogens with zero attached hydrogens (tertiary/aromatic N) is 1. The standard InChI is InChI=1S/C18H24N2O6S/c1-12(21)20-11-13(22)10-16(20)17(23)19-15(18(24)26-2)8-9-27(25)14-6-4-3-5-7-14/h3-7,13,15-16,22H,8-11H2,1-2H3,(H,19,23)/t13-,15+,16+,27-/m1/s1. The first-order valence-electron chi connectivity index (χ1n) is 8.60. The predicted molar refractivity (Wildman–Crippen MR) is 98.1 cm³/mol. The molecule has 2 rings (SSSR count). The summed E-state index contributed by atoms with van der Waals surface area (Å²) >= 11 is 0. The minimum atomic E-state index is -1.32. The van der Waals surface area contributed by atoms with E-state index in [2.05, 4.69) is 5.32 Å². The van der Waals surface area contributed by atoms with Gasteiger partial charge >= 0.3 is 5.97 Å². The molecule has 1 aromatic rings. The van der Waals surface area contributed by atoms with Crippen LogP contribution in [0.15, 0.2) is 35.2 Å². The number of hydrogen-bond donors (Lipinski definition) is 2. The maximum Gasteiger partial charge on any atom is 0.328 e. The Morgan fingerprint density at radius 3 is 2.59 bits per heavy atom. The number of carbonyl (C=O) groups excluding carboxylic acids is 3. The van der Waals surface area contributed by atoms with Crippen LogP contribution in [0.4, 0.5) is 0 Å². The van der Waals surface area contributed by atoms with Crippen LogP contribution in [0.5, 0.6) is 0 Å². The SMILES string of the molecule is COC(=O)[C@H](CC[S@@](=O)c1ccccc1)NC(=O)[C@@H]1C[C@@H](O)CN1C(C)=O. The molecule has 9 heteroatoms. The quantitative estimate of drug-likeness (QED) is 0.619. The molecular formula is C18H24N2O6S. The zero-order valence-corrected chi connectivity index (χ0v) is 16.1. The third kappa shape index (κ3) is 5.61. The number of carbonyl (C=O) groups is 3. The summed E-state index contributed by atoms with van der Waals surface area (Å²) in [5, 5.41) is 12.3. The van der Waals surface area contributed by atoms with E-state index in [1.165, 1.54) is 18.9 Å². The molecule has 0 spiro atoms. The highest BCUT2D eigenvalue weighted by Crippen LogP contribution is 2.18. The monoisotopic (exact) mass is 396 g/mol. The number of ether oxygens (including phenoxy) is 1. The molecule has 0 aromatic heterocycles. The van der Waals surface area contributed by atoms with Gasteiger partial charge in [0.2, 0.25) is 11.8 Å². The van der Waals surface area contributed by atoms with E-state index < -0.39 is 40.9 Å². The fraction of sp³-hybridized carbons (Fsp3) is 0.500. The summed E-state index contributed by atoms with van der Waals surface area (Å²) in [6.07, 6.45) is -0.559. The van der Waals surface area contributed by atoms with Crippen molar-refractivity contribution in [2.75, 3.05) is 19.4 Å². The number of β-amino-alcohol motifs (C(OH)–C–C–N with tert-alkyl or cyclic N) is 1. The van der Waals surface area contributed by atoms with E-state index >= 15 is 0 Å². The van der Waals surface area contributed by atoms with E-state index in [1.807, 2.05) is 6.07 Å². The van der Waals surface area contributed by atoms with Gasteiger partial charge in [-0.3, -0.25) is 13.8 Å². The van der Waals surface area contributed by atoms with Gasteiger partial charge in [-0.2, -0.15) is 0 Å². The normalized spacial score (nSPS) is 21.4. The molecule has 0 bridgehead atoms. The van der Waals surface area contributed by atoms with Gasteiger partial charge in [0.1, 0.15) is 12.1 Å². The highest BCUT2D eigenvalue weighted by Gasteiger charge is 2.38. The molecule has 2 amide bonds. The maximum atomic E-state index is 12.6. The number of hydrogen-bond acceptors (Lipinski definition) is 6. The average molecular weight is 396 g/mol. The first kappa shape index (κ1) is 21.0. The lowest BCUT2D eigenvalue weighted by Crippen LogP contribution is -2.51. The first-order valence-corrected chi connectivity index (χ1v) is 9.92. The number of aliphatic hydroxyl groups excluding tert-OH is 1. The lowest BCUT2D eigenvalue weighted by Gasteiger charge is -2.24. The smallest absolute Gasteiger partial charge is 0.328 e. The Morgan fingerprint density at radius 2 is 2.00 bits per heavy atom. The molecule has 1 aromatic carbocycles. The van der Waals surface area contributed by atoms with E-state index in [1.54, 1.807) is 24.3 Å². The Hall–Kier alpha value is -2.26. The first-order chi connectivity index (χ1) is 12.8. The van der Waals surface area contributed by atoms with Crippen LogP contribution in [-0.4, -0.2) is 69.6 Å². The maximum absolute atomic E-state index is 12.6. The lowest BCUT2D eigenvalue weighted by molar-refractivity contribution is -0.146. The molecule has 0 saturated carbocycles. The number of nitrogens with one attached hydrogen (secondary N) is 1. The second-order valence-electron chi connectivity index (χ2n) is 6.31. The summed E-state index contributed by atoms with van der Waals surface area (Å²) in [7, 11) is -0.118. The van der Waals surface area contributed by atoms with E-state index in [0.29, 0.717) is 4.90 Å². The average Bonchev–Trinajstić information content (AvgIpc) is 3.07. The van der Waals surface area contributed by atoms with Gasteiger partial charge in [0.25, 0.3) is 0 Å². The van der Waals surface area contributed by atoms with Crippen LogP contribution >= 0.6 is 0 Å². The van der Waals surface area contributed by atoms with Gasteiger partial charge in [0.05, 0.1) is 24.0 Å². The predicted octanol–water partition coefficient (Wildman–Crippen LogP) is -0.176. The summed E-state index contributed by atoms with van der Waals surface area (Å²) in [5.74, 6) is -1.36. The Kier molecular flexibility index (Phi) is 7.49. The number of amides is 2. The molecule has 4 atom stereocenters. The molecule has 1 aliphatic rings. The Labute approximate surface area is 160 Å². The molecule has 27 heavy (non-hydrogen) atoms. The van der Waals surface area contributed by atoms with Crippen molar-refractivity contribution in [2.24, 2.45) is 0 Å². The lowest BCUT2D eigenvalue weighted by atomic mass is 10.1. The number of benzene rings is 1. The van der Waals surface area contributed by atoms with Crippen LogP contribution in [0.3, 0.4) is 0 Å². The van der Waals surface area contributed by atoms with Crippen LogP contribution in [-0.2, 0) is 29.9 Å². The van der Waals surface area contributed by atoms with E-state index in [0.717, 1.165) is 0 Å². The third-order valence-electron chi connectivity index (χ3n) is 4.39. The molecule has 1 saturated heterocycles. The number of likely N-dealkylation sites (tertiary alicyclic amines) is 1. The van der Waals surface area contributed by atoms with Crippen molar-refractivity contribution in [1.82, 2.24) is 10.2 Å². The van der Waals surface area contributed by atoms with Gasteiger partial charge in [0, 0.05) is 30.5 Å². The van der Waals surface area contributed by atoms with Crippen molar-refractivity contribution in [2.45, 2.75) is 42.8 Å². The molecular weight excluding hydrogens is 372 g/mol. The summed E-state index contributed by atoms with van der Waals surface area (Å²) in [6, 6.07) is 6.99. The topological polar surface area (TPSA) is 113 Å². The minimum Gasteiger partial charge on any atom is -0.467 e. The molecule has 1 heterocycles. The van der Waals surface area contributed by atoms with Crippen LogP contribution in [0.2, 0.25) is 0 Å². The fourth-order valence-electron chi connectivity index (χ4n) is 2.98. The van der Waals surface area contributed by atoms with Crippen molar-refractivity contribution in [3.8, 4) is 0 Å². The van der Waals surface area contributed by atoms with Gasteiger partial charge < -0.3 is 20.1 Å². The number of aliphatic hydroxyl groups is 1. The van der Waals surface area contributed by atoms with Crippen LogP contribution < -0.4 is 5.32 Å². The summed E-state index contributed by atoms with van der Waals surface area (Å²) in [5.41, 5.74) is 0. The summed E-state index contributed by atoms with van der Waals surface area (Å²) in [4.78, 5) is 38.1. The molecule has 2 N–H and O–H groups in total. The zero-order chi connectivity index (χ0) is 20.0.